The van der Waals surface area contributed by atoms with Crippen LogP contribution in [0.5, 0.6) is 0 Å². The van der Waals surface area contributed by atoms with Gasteiger partial charge in [0, 0.05) is 6.42 Å². The number of rotatable bonds is 5. The molecule has 12 heavy (non-hydrogen) atoms. The van der Waals surface area contributed by atoms with E-state index in [1.807, 2.05) is 6.92 Å². The molecule has 0 aliphatic rings. The summed E-state index contributed by atoms with van der Waals surface area (Å²) in [6, 6.07) is 0. The van der Waals surface area contributed by atoms with E-state index < -0.39 is 0 Å². The molecular weight excluding hydrogens is 351 g/mol. The van der Waals surface area contributed by atoms with E-state index in [4.69, 9.17) is 4.74 Å². The van der Waals surface area contributed by atoms with Crippen molar-refractivity contribution in [2.24, 2.45) is 0 Å². The average Bonchev–Trinajstić information content (AvgIpc) is 1.89. The van der Waals surface area contributed by atoms with Crippen LogP contribution < -0.4 is 6.15 Å². The van der Waals surface area contributed by atoms with Gasteiger partial charge in [-0.1, -0.05) is 19.8 Å². The molecule has 0 aromatic carbocycles. The third-order valence-electron chi connectivity index (χ3n) is 1.29. The first kappa shape index (κ1) is 18.2. The molecule has 0 fully saturated rings. The summed E-state index contributed by atoms with van der Waals surface area (Å²) in [6.45, 7) is 4.45. The van der Waals surface area contributed by atoms with Gasteiger partial charge < -0.3 is 10.9 Å². The first-order valence-electron chi connectivity index (χ1n) is 3.96. The number of carbonyl (C=O) groups excluding carboxylic acids is 1. The maximum atomic E-state index is 10.7. The number of ether oxygens (including phenoxy) is 1. The number of hydrogen-bond donors (Lipinski definition) is 1. The first-order chi connectivity index (χ1) is 4.81. The molecule has 0 bridgehead atoms. The van der Waals surface area contributed by atoms with Crippen LogP contribution >= 0.6 is 0 Å². The summed E-state index contributed by atoms with van der Waals surface area (Å²) in [4.78, 5) is 10.7. The Morgan fingerprint density at radius 3 is 2.25 bits per heavy atom. The Morgan fingerprint density at radius 1 is 1.25 bits per heavy atom. The molecule has 3 N–H and O–H groups in total. The average molecular weight is 373 g/mol. The number of hydrogen-bond acceptors (Lipinski definition) is 3. The van der Waals surface area contributed by atoms with Crippen molar-refractivity contribution in [2.75, 3.05) is 6.61 Å². The van der Waals surface area contributed by atoms with Gasteiger partial charge in [-0.3, -0.25) is 4.79 Å². The van der Waals surface area contributed by atoms with Crippen LogP contribution in [-0.4, -0.2) is 38.8 Å². The molecule has 76 valence electrons. The summed E-state index contributed by atoms with van der Waals surface area (Å²) in [6.07, 6.45) is 3.83. The third-order valence-corrected chi connectivity index (χ3v) is 1.29. The van der Waals surface area contributed by atoms with Gasteiger partial charge in [0.1, 0.15) is 0 Å². The van der Waals surface area contributed by atoms with Crippen molar-refractivity contribution in [3.05, 3.63) is 0 Å². The molecule has 0 saturated heterocycles. The van der Waals surface area contributed by atoms with E-state index in [2.05, 4.69) is 6.92 Å². The van der Waals surface area contributed by atoms with E-state index >= 15 is 0 Å². The van der Waals surface area contributed by atoms with Crippen molar-refractivity contribution in [2.45, 2.75) is 39.5 Å². The molecule has 0 unspecified atom stereocenters. The van der Waals surface area contributed by atoms with E-state index in [-0.39, 0.29) is 38.3 Å². The zero-order valence-corrected chi connectivity index (χ0v) is 13.8. The summed E-state index contributed by atoms with van der Waals surface area (Å²) in [7, 11) is 0. The summed E-state index contributed by atoms with van der Waals surface area (Å²) in [5.74, 6) is -0.0593. The maximum absolute atomic E-state index is 10.7. The summed E-state index contributed by atoms with van der Waals surface area (Å²) < 4.78 is 4.75. The van der Waals surface area contributed by atoms with Crippen LogP contribution in [0.4, 0.5) is 0 Å². The number of esters is 1. The molecular formula is C8H22BiNO2. The molecule has 0 radical (unpaired) electrons. The zero-order valence-electron chi connectivity index (χ0n) is 8.27. The van der Waals surface area contributed by atoms with Crippen LogP contribution in [-0.2, 0) is 9.53 Å². The predicted octanol–water partition coefficient (Wildman–Crippen LogP) is 1.11. The summed E-state index contributed by atoms with van der Waals surface area (Å²) in [5, 5.41) is 0. The first-order valence-corrected chi connectivity index (χ1v) is 3.96. The molecule has 0 spiro atoms. The van der Waals surface area contributed by atoms with Gasteiger partial charge in [0.2, 0.25) is 0 Å². The molecule has 0 aromatic heterocycles. The van der Waals surface area contributed by atoms with Crippen LogP contribution in [0.1, 0.15) is 39.5 Å². The van der Waals surface area contributed by atoms with Crippen molar-refractivity contribution in [1.82, 2.24) is 6.15 Å². The third kappa shape index (κ3) is 12.9. The fourth-order valence-electron chi connectivity index (χ4n) is 0.752. The minimum absolute atomic E-state index is 0. The molecule has 0 aromatic rings. The SMILES string of the molecule is CCCCCC(=O)OCC.N.[BiH3]. The molecule has 4 heteroatoms. The fourth-order valence-corrected chi connectivity index (χ4v) is 0.752. The van der Waals surface area contributed by atoms with E-state index in [1.165, 1.54) is 0 Å². The van der Waals surface area contributed by atoms with Crippen molar-refractivity contribution < 1.29 is 9.53 Å². The Balaban J connectivity index is -0.000000405. The van der Waals surface area contributed by atoms with Gasteiger partial charge in [0.25, 0.3) is 0 Å². The normalized spacial score (nSPS) is 7.83. The quantitative estimate of drug-likeness (QED) is 0.446. The van der Waals surface area contributed by atoms with E-state index in [0.29, 0.717) is 13.0 Å². The van der Waals surface area contributed by atoms with Crippen LogP contribution in [0.25, 0.3) is 0 Å². The molecule has 0 aliphatic heterocycles. The van der Waals surface area contributed by atoms with Crippen LogP contribution in [0.2, 0.25) is 0 Å². The van der Waals surface area contributed by atoms with Gasteiger partial charge in [-0.2, -0.15) is 0 Å². The Morgan fingerprint density at radius 2 is 1.83 bits per heavy atom. The molecule has 0 rings (SSSR count). The number of carbonyl (C=O) groups is 1. The summed E-state index contributed by atoms with van der Waals surface area (Å²) in [5.41, 5.74) is 0. The number of unbranched alkanes of at least 4 members (excludes halogenated alkanes) is 2. The van der Waals surface area contributed by atoms with Crippen molar-refractivity contribution in [3.63, 3.8) is 0 Å². The fraction of sp³-hybridized carbons (Fsp3) is 0.875. The molecule has 0 heterocycles. The van der Waals surface area contributed by atoms with Crippen molar-refractivity contribution >= 4 is 32.2 Å². The second-order valence-corrected chi connectivity index (χ2v) is 2.26. The molecule has 0 aliphatic carbocycles. The van der Waals surface area contributed by atoms with Gasteiger partial charge in [-0.25, -0.2) is 0 Å². The van der Waals surface area contributed by atoms with Gasteiger partial charge >= 0.3 is 32.2 Å². The monoisotopic (exact) mass is 373 g/mol. The van der Waals surface area contributed by atoms with Crippen molar-refractivity contribution in [1.29, 1.82) is 0 Å². The second-order valence-electron chi connectivity index (χ2n) is 2.26. The Hall–Kier alpha value is 0.313. The van der Waals surface area contributed by atoms with E-state index in [9.17, 15) is 4.79 Å². The van der Waals surface area contributed by atoms with Crippen LogP contribution in [0.3, 0.4) is 0 Å². The van der Waals surface area contributed by atoms with Gasteiger partial charge in [0.05, 0.1) is 6.61 Å². The second kappa shape index (κ2) is 13.9. The van der Waals surface area contributed by atoms with Gasteiger partial charge in [-0.05, 0) is 13.3 Å². The van der Waals surface area contributed by atoms with Gasteiger partial charge in [-0.15, -0.1) is 0 Å². The molecule has 3 nitrogen and oxygen atoms in total. The zero-order chi connectivity index (χ0) is 7.82. The molecule has 0 saturated carbocycles. The Kier molecular flexibility index (Phi) is 21.0. The van der Waals surface area contributed by atoms with Crippen LogP contribution in [0, 0.1) is 0 Å². The van der Waals surface area contributed by atoms with E-state index in [0.717, 1.165) is 19.3 Å². The van der Waals surface area contributed by atoms with Crippen LogP contribution in [0.15, 0.2) is 0 Å². The molecule has 0 amide bonds. The predicted molar refractivity (Wildman–Crippen MR) is 55.7 cm³/mol. The Bertz CT molecular complexity index is 99.1. The topological polar surface area (TPSA) is 61.3 Å². The van der Waals surface area contributed by atoms with Gasteiger partial charge in [0.15, 0.2) is 0 Å². The van der Waals surface area contributed by atoms with E-state index in [1.54, 1.807) is 0 Å². The summed E-state index contributed by atoms with van der Waals surface area (Å²) >= 11 is 0. The Labute approximate surface area is 94.0 Å². The van der Waals surface area contributed by atoms with Crippen molar-refractivity contribution in [3.8, 4) is 0 Å². The standard InChI is InChI=1S/C8H16O2.Bi.H3N.3H/c1-3-5-6-7-8(9)10-4-2;;;;;/h3-7H2,1-2H3;;1H3;;;. The minimum atomic E-state index is -0.0593. The molecule has 0 atom stereocenters.